The van der Waals surface area contributed by atoms with Crippen molar-refractivity contribution >= 4 is 11.6 Å². The average molecular weight is 258 g/mol. The van der Waals surface area contributed by atoms with Crippen molar-refractivity contribution in [3.8, 4) is 0 Å². The zero-order valence-electron chi connectivity index (χ0n) is 12.0. The Morgan fingerprint density at radius 3 is 2.58 bits per heavy atom. The van der Waals surface area contributed by atoms with Crippen LogP contribution in [0.4, 0.5) is 0 Å². The molecule has 0 radical (unpaired) electrons. The van der Waals surface area contributed by atoms with Gasteiger partial charge in [-0.1, -0.05) is 24.6 Å². The van der Waals surface area contributed by atoms with Crippen LogP contribution in [0.3, 0.4) is 0 Å². The van der Waals surface area contributed by atoms with Gasteiger partial charge in [-0.25, -0.2) is 5.43 Å². The van der Waals surface area contributed by atoms with Crippen molar-refractivity contribution in [2.75, 3.05) is 0 Å². The van der Waals surface area contributed by atoms with Gasteiger partial charge in [0.2, 0.25) is 0 Å². The maximum Gasteiger partial charge on any atom is 0.271 e. The first-order valence-electron chi connectivity index (χ1n) is 6.99. The van der Waals surface area contributed by atoms with E-state index in [2.05, 4.69) is 17.5 Å². The van der Waals surface area contributed by atoms with Crippen molar-refractivity contribution in [3.05, 3.63) is 34.9 Å². The number of nitrogens with zero attached hydrogens (tertiary/aromatic N) is 1. The van der Waals surface area contributed by atoms with Gasteiger partial charge in [-0.3, -0.25) is 4.79 Å². The Hall–Kier alpha value is -1.64. The highest BCUT2D eigenvalue weighted by atomic mass is 16.2. The van der Waals surface area contributed by atoms with Gasteiger partial charge in [0.05, 0.1) is 0 Å². The summed E-state index contributed by atoms with van der Waals surface area (Å²) in [5, 5.41) is 4.27. The quantitative estimate of drug-likeness (QED) is 0.809. The zero-order valence-corrected chi connectivity index (χ0v) is 12.0. The molecular formula is C16H22N2O. The van der Waals surface area contributed by atoms with E-state index >= 15 is 0 Å². The number of nitrogens with one attached hydrogen (secondary N) is 1. The lowest BCUT2D eigenvalue weighted by Gasteiger charge is -2.18. The third kappa shape index (κ3) is 3.66. The number of carbonyl (C=O) groups excluding carboxylic acids is 1. The molecule has 1 aromatic rings. The number of rotatable bonds is 2. The molecule has 0 aromatic heterocycles. The Kier molecular flexibility index (Phi) is 4.35. The Labute approximate surface area is 115 Å². The fourth-order valence-corrected chi connectivity index (χ4v) is 2.47. The Balaban J connectivity index is 1.99. The van der Waals surface area contributed by atoms with Crippen LogP contribution in [0, 0.1) is 19.8 Å². The van der Waals surface area contributed by atoms with Crippen LogP contribution in [-0.2, 0) is 0 Å². The summed E-state index contributed by atoms with van der Waals surface area (Å²) < 4.78 is 0. The van der Waals surface area contributed by atoms with Gasteiger partial charge >= 0.3 is 0 Å². The van der Waals surface area contributed by atoms with Crippen molar-refractivity contribution < 1.29 is 4.79 Å². The number of hydrogen-bond acceptors (Lipinski definition) is 2. The van der Waals surface area contributed by atoms with Gasteiger partial charge in [0.1, 0.15) is 0 Å². The first-order valence-corrected chi connectivity index (χ1v) is 6.99. The number of amides is 1. The number of hydrogen-bond donors (Lipinski definition) is 1. The van der Waals surface area contributed by atoms with Gasteiger partial charge in [-0.15, -0.1) is 0 Å². The highest BCUT2D eigenvalue weighted by Gasteiger charge is 2.14. The van der Waals surface area contributed by atoms with E-state index in [1.54, 1.807) is 0 Å². The van der Waals surface area contributed by atoms with Crippen LogP contribution in [0.25, 0.3) is 0 Å². The zero-order chi connectivity index (χ0) is 13.8. The highest BCUT2D eigenvalue weighted by molar-refractivity contribution is 5.96. The van der Waals surface area contributed by atoms with Gasteiger partial charge in [-0.2, -0.15) is 5.10 Å². The summed E-state index contributed by atoms with van der Waals surface area (Å²) in [5.41, 5.74) is 6.69. The van der Waals surface area contributed by atoms with Crippen LogP contribution in [0.5, 0.6) is 0 Å². The van der Waals surface area contributed by atoms with Crippen molar-refractivity contribution in [2.24, 2.45) is 11.0 Å². The molecule has 0 atom stereocenters. The molecule has 0 heterocycles. The molecule has 1 aromatic carbocycles. The second kappa shape index (κ2) is 6.00. The van der Waals surface area contributed by atoms with E-state index in [9.17, 15) is 4.79 Å². The summed E-state index contributed by atoms with van der Waals surface area (Å²) in [6.45, 7) is 6.25. The van der Waals surface area contributed by atoms with Gasteiger partial charge in [0.25, 0.3) is 5.91 Å². The summed E-state index contributed by atoms with van der Waals surface area (Å²) in [6, 6.07) is 5.84. The fraction of sp³-hybridized carbons (Fsp3) is 0.500. The third-order valence-corrected chi connectivity index (χ3v) is 3.79. The molecule has 1 amide bonds. The number of hydrazone groups is 1. The second-order valence-corrected chi connectivity index (χ2v) is 5.62. The average Bonchev–Trinajstić information content (AvgIpc) is 2.37. The lowest BCUT2D eigenvalue weighted by Crippen LogP contribution is -2.22. The molecular weight excluding hydrogens is 236 g/mol. The first kappa shape index (κ1) is 13.8. The van der Waals surface area contributed by atoms with Crippen LogP contribution in [0.2, 0.25) is 0 Å². The Morgan fingerprint density at radius 2 is 1.95 bits per heavy atom. The monoisotopic (exact) mass is 258 g/mol. The number of carbonyl (C=O) groups is 1. The first-order chi connectivity index (χ1) is 9.06. The molecule has 0 bridgehead atoms. The van der Waals surface area contributed by atoms with Crippen molar-refractivity contribution in [1.82, 2.24) is 5.43 Å². The largest absolute Gasteiger partial charge is 0.271 e. The minimum absolute atomic E-state index is 0.108. The minimum Gasteiger partial charge on any atom is -0.267 e. The molecule has 2 rings (SSSR count). The van der Waals surface area contributed by atoms with E-state index < -0.39 is 0 Å². The molecule has 1 fully saturated rings. The summed E-state index contributed by atoms with van der Waals surface area (Å²) >= 11 is 0. The van der Waals surface area contributed by atoms with Crippen molar-refractivity contribution in [3.63, 3.8) is 0 Å². The lowest BCUT2D eigenvalue weighted by atomic mass is 9.90. The summed E-state index contributed by atoms with van der Waals surface area (Å²) in [7, 11) is 0. The molecule has 0 aliphatic heterocycles. The van der Waals surface area contributed by atoms with Gasteiger partial charge in [0, 0.05) is 11.3 Å². The van der Waals surface area contributed by atoms with Crippen LogP contribution in [-0.4, -0.2) is 11.6 Å². The molecule has 1 N–H and O–H groups in total. The lowest BCUT2D eigenvalue weighted by molar-refractivity contribution is 0.0954. The normalized spacial score (nSPS) is 19.1. The van der Waals surface area contributed by atoms with Gasteiger partial charge in [-0.05, 0) is 57.1 Å². The second-order valence-electron chi connectivity index (χ2n) is 5.62. The maximum atomic E-state index is 12.1. The molecule has 1 saturated carbocycles. The van der Waals surface area contributed by atoms with Crippen LogP contribution < -0.4 is 5.43 Å². The van der Waals surface area contributed by atoms with Gasteiger partial charge < -0.3 is 0 Å². The van der Waals surface area contributed by atoms with E-state index in [4.69, 9.17) is 0 Å². The van der Waals surface area contributed by atoms with Crippen molar-refractivity contribution in [2.45, 2.75) is 46.5 Å². The maximum absolute atomic E-state index is 12.1. The van der Waals surface area contributed by atoms with E-state index in [1.807, 2.05) is 32.0 Å². The molecule has 0 saturated heterocycles. The van der Waals surface area contributed by atoms with E-state index in [-0.39, 0.29) is 5.91 Å². The molecule has 19 heavy (non-hydrogen) atoms. The predicted octanol–water partition coefficient (Wildman–Crippen LogP) is 3.60. The summed E-state index contributed by atoms with van der Waals surface area (Å²) in [4.78, 5) is 12.1. The smallest absolute Gasteiger partial charge is 0.267 e. The van der Waals surface area contributed by atoms with Gasteiger partial charge in [0.15, 0.2) is 0 Å². The van der Waals surface area contributed by atoms with Crippen molar-refractivity contribution in [1.29, 1.82) is 0 Å². The van der Waals surface area contributed by atoms with Crippen LogP contribution in [0.15, 0.2) is 23.3 Å². The molecule has 0 spiro atoms. The SMILES string of the molecule is Cc1ccc(C(=O)NN=C2CCC(C)CC2)c(C)c1. The molecule has 3 heteroatoms. The summed E-state index contributed by atoms with van der Waals surface area (Å²) in [6.07, 6.45) is 4.37. The standard InChI is InChI=1S/C16H22N2O/c1-11-4-7-14(8-5-11)17-18-16(19)15-9-6-12(2)10-13(15)3/h6,9-11H,4-5,7-8H2,1-3H3,(H,18,19). The fourth-order valence-electron chi connectivity index (χ4n) is 2.47. The molecule has 0 unspecified atom stereocenters. The third-order valence-electron chi connectivity index (χ3n) is 3.79. The molecule has 1 aliphatic carbocycles. The topological polar surface area (TPSA) is 41.5 Å². The molecule has 102 valence electrons. The number of benzene rings is 1. The van der Waals surface area contributed by atoms with Crippen LogP contribution in [0.1, 0.15) is 54.1 Å². The van der Waals surface area contributed by atoms with E-state index in [1.165, 1.54) is 18.4 Å². The summed E-state index contributed by atoms with van der Waals surface area (Å²) in [5.74, 6) is 0.678. The van der Waals surface area contributed by atoms with Crippen LogP contribution >= 0.6 is 0 Å². The minimum atomic E-state index is -0.108. The molecule has 3 nitrogen and oxygen atoms in total. The van der Waals surface area contributed by atoms with E-state index in [0.29, 0.717) is 5.56 Å². The predicted molar refractivity (Wildman–Crippen MR) is 78.4 cm³/mol. The Morgan fingerprint density at radius 1 is 1.26 bits per heavy atom. The van der Waals surface area contributed by atoms with E-state index in [0.717, 1.165) is 30.0 Å². The highest BCUT2D eigenvalue weighted by Crippen LogP contribution is 2.21. The Bertz CT molecular complexity index is 495. The molecule has 1 aliphatic rings. The number of aryl methyl sites for hydroxylation is 2.